The normalized spacial score (nSPS) is 14.9. The lowest BCUT2D eigenvalue weighted by atomic mass is 10.1. The van der Waals surface area contributed by atoms with E-state index in [0.29, 0.717) is 0 Å². The quantitative estimate of drug-likeness (QED) is 0.868. The molecular weight excluding hydrogens is 286 g/mol. The van der Waals surface area contributed by atoms with Gasteiger partial charge in [0, 0.05) is 43.1 Å². The van der Waals surface area contributed by atoms with Crippen molar-refractivity contribution in [2.75, 3.05) is 36.8 Å². The molecule has 3 rings (SSSR count). The van der Waals surface area contributed by atoms with Crippen molar-refractivity contribution in [2.24, 2.45) is 0 Å². The Hall–Kier alpha value is -2.49. The second-order valence-corrected chi connectivity index (χ2v) is 6.19. The Kier molecular flexibility index (Phi) is 4.24. The number of carbonyl (C=O) groups is 1. The van der Waals surface area contributed by atoms with Gasteiger partial charge in [-0.15, -0.1) is 0 Å². The average Bonchev–Trinajstić information content (AvgIpc) is 2.57. The van der Waals surface area contributed by atoms with Crippen LogP contribution >= 0.6 is 0 Å². The molecule has 0 unspecified atom stereocenters. The lowest BCUT2D eigenvalue weighted by Crippen LogP contribution is -2.48. The molecule has 2 aromatic carbocycles. The fourth-order valence-electron chi connectivity index (χ4n) is 2.98. The fraction of sp³-hybridized carbons (Fsp3) is 0.316. The van der Waals surface area contributed by atoms with Gasteiger partial charge in [0.05, 0.1) is 0 Å². The van der Waals surface area contributed by atoms with Crippen LogP contribution in [0.2, 0.25) is 0 Å². The number of nitrogens with zero attached hydrogens (tertiary/aromatic N) is 2. The molecule has 2 aromatic rings. The Bertz CT molecular complexity index is 718. The number of benzene rings is 2. The van der Waals surface area contributed by atoms with Gasteiger partial charge in [0.2, 0.25) is 0 Å². The number of aryl methyl sites for hydroxylation is 2. The molecule has 0 atom stereocenters. The van der Waals surface area contributed by atoms with Crippen molar-refractivity contribution in [3.05, 3.63) is 59.2 Å². The summed E-state index contributed by atoms with van der Waals surface area (Å²) in [6.07, 6.45) is 0. The van der Waals surface area contributed by atoms with Gasteiger partial charge >= 0.3 is 0 Å². The Morgan fingerprint density at radius 2 is 1.74 bits per heavy atom. The molecule has 120 valence electrons. The van der Waals surface area contributed by atoms with Crippen LogP contribution in [0.15, 0.2) is 42.5 Å². The largest absolute Gasteiger partial charge is 0.399 e. The van der Waals surface area contributed by atoms with Crippen molar-refractivity contribution >= 4 is 17.3 Å². The third-order valence-electron chi connectivity index (χ3n) is 4.45. The van der Waals surface area contributed by atoms with E-state index < -0.39 is 0 Å². The van der Waals surface area contributed by atoms with Crippen molar-refractivity contribution < 1.29 is 4.79 Å². The summed E-state index contributed by atoms with van der Waals surface area (Å²) in [6, 6.07) is 14.0. The maximum absolute atomic E-state index is 12.6. The summed E-state index contributed by atoms with van der Waals surface area (Å²) in [5.74, 6) is 0.0944. The van der Waals surface area contributed by atoms with E-state index >= 15 is 0 Å². The molecule has 1 fully saturated rings. The van der Waals surface area contributed by atoms with Crippen LogP contribution in [0, 0.1) is 13.8 Å². The summed E-state index contributed by atoms with van der Waals surface area (Å²) in [7, 11) is 0. The molecule has 0 aliphatic carbocycles. The predicted molar refractivity (Wildman–Crippen MR) is 94.9 cm³/mol. The van der Waals surface area contributed by atoms with Crippen LogP contribution in [0.4, 0.5) is 11.4 Å². The molecule has 1 aliphatic heterocycles. The van der Waals surface area contributed by atoms with E-state index in [2.05, 4.69) is 36.1 Å². The van der Waals surface area contributed by atoms with Crippen molar-refractivity contribution in [3.63, 3.8) is 0 Å². The highest BCUT2D eigenvalue weighted by molar-refractivity contribution is 5.95. The average molecular weight is 309 g/mol. The van der Waals surface area contributed by atoms with Gasteiger partial charge in [-0.25, -0.2) is 0 Å². The van der Waals surface area contributed by atoms with E-state index in [1.165, 1.54) is 11.3 Å². The van der Waals surface area contributed by atoms with Crippen LogP contribution < -0.4 is 10.6 Å². The first-order valence-electron chi connectivity index (χ1n) is 8.01. The van der Waals surface area contributed by atoms with Gasteiger partial charge < -0.3 is 15.5 Å². The first-order chi connectivity index (χ1) is 11.0. The zero-order chi connectivity index (χ0) is 16.4. The smallest absolute Gasteiger partial charge is 0.253 e. The monoisotopic (exact) mass is 309 g/mol. The first kappa shape index (κ1) is 15.4. The summed E-state index contributed by atoms with van der Waals surface area (Å²) in [6.45, 7) is 7.26. The molecule has 1 aliphatic rings. The summed E-state index contributed by atoms with van der Waals surface area (Å²) in [5.41, 5.74) is 10.7. The maximum atomic E-state index is 12.6. The van der Waals surface area contributed by atoms with Crippen LogP contribution in [0.1, 0.15) is 21.5 Å². The van der Waals surface area contributed by atoms with Crippen molar-refractivity contribution in [1.29, 1.82) is 0 Å². The lowest BCUT2D eigenvalue weighted by Gasteiger charge is -2.36. The Labute approximate surface area is 137 Å². The SMILES string of the molecule is Cc1cccc(N2CCN(C(=O)c3ccc(N)c(C)c3)CC2)c1. The predicted octanol–water partition coefficient (Wildman–Crippen LogP) is 2.85. The molecule has 4 heteroatoms. The second kappa shape index (κ2) is 6.32. The molecule has 2 N–H and O–H groups in total. The van der Waals surface area contributed by atoms with E-state index in [0.717, 1.165) is 43.0 Å². The van der Waals surface area contributed by atoms with E-state index in [-0.39, 0.29) is 5.91 Å². The molecule has 1 saturated heterocycles. The topological polar surface area (TPSA) is 49.6 Å². The number of anilines is 2. The number of rotatable bonds is 2. The second-order valence-electron chi connectivity index (χ2n) is 6.19. The zero-order valence-electron chi connectivity index (χ0n) is 13.7. The Balaban J connectivity index is 1.66. The molecule has 1 heterocycles. The fourth-order valence-corrected chi connectivity index (χ4v) is 2.98. The third-order valence-corrected chi connectivity index (χ3v) is 4.45. The number of nitrogens with two attached hydrogens (primary N) is 1. The number of nitrogen functional groups attached to an aromatic ring is 1. The van der Waals surface area contributed by atoms with E-state index in [1.807, 2.05) is 30.0 Å². The molecule has 0 aromatic heterocycles. The number of carbonyl (C=O) groups excluding carboxylic acids is 1. The van der Waals surface area contributed by atoms with Gasteiger partial charge in [-0.3, -0.25) is 4.79 Å². The standard InChI is InChI=1S/C19H23N3O/c1-14-4-3-5-17(12-14)21-8-10-22(11-9-21)19(23)16-6-7-18(20)15(2)13-16/h3-7,12-13H,8-11,20H2,1-2H3. The minimum Gasteiger partial charge on any atom is -0.399 e. The van der Waals surface area contributed by atoms with Crippen LogP contribution in [0.25, 0.3) is 0 Å². The molecular formula is C19H23N3O. The van der Waals surface area contributed by atoms with Crippen molar-refractivity contribution in [1.82, 2.24) is 4.90 Å². The van der Waals surface area contributed by atoms with Crippen LogP contribution in [-0.2, 0) is 0 Å². The van der Waals surface area contributed by atoms with Gasteiger partial charge in [0.25, 0.3) is 5.91 Å². The molecule has 0 saturated carbocycles. The van der Waals surface area contributed by atoms with Crippen LogP contribution in [-0.4, -0.2) is 37.0 Å². The number of hydrogen-bond donors (Lipinski definition) is 1. The zero-order valence-corrected chi connectivity index (χ0v) is 13.7. The Morgan fingerprint density at radius 1 is 1.00 bits per heavy atom. The molecule has 1 amide bonds. The molecule has 0 bridgehead atoms. The summed E-state index contributed by atoms with van der Waals surface area (Å²) in [5, 5.41) is 0. The van der Waals surface area contributed by atoms with Gasteiger partial charge in [-0.1, -0.05) is 12.1 Å². The highest BCUT2D eigenvalue weighted by Gasteiger charge is 2.22. The Morgan fingerprint density at radius 3 is 2.39 bits per heavy atom. The number of hydrogen-bond acceptors (Lipinski definition) is 3. The van der Waals surface area contributed by atoms with E-state index in [4.69, 9.17) is 5.73 Å². The van der Waals surface area contributed by atoms with Gasteiger partial charge in [0.1, 0.15) is 0 Å². The summed E-state index contributed by atoms with van der Waals surface area (Å²) in [4.78, 5) is 16.9. The van der Waals surface area contributed by atoms with Crippen LogP contribution in [0.3, 0.4) is 0 Å². The summed E-state index contributed by atoms with van der Waals surface area (Å²) >= 11 is 0. The summed E-state index contributed by atoms with van der Waals surface area (Å²) < 4.78 is 0. The van der Waals surface area contributed by atoms with Gasteiger partial charge in [-0.2, -0.15) is 0 Å². The maximum Gasteiger partial charge on any atom is 0.253 e. The highest BCUT2D eigenvalue weighted by Crippen LogP contribution is 2.19. The first-order valence-corrected chi connectivity index (χ1v) is 8.01. The molecule has 4 nitrogen and oxygen atoms in total. The third kappa shape index (κ3) is 3.31. The number of amides is 1. The van der Waals surface area contributed by atoms with E-state index in [9.17, 15) is 4.79 Å². The molecule has 0 spiro atoms. The molecule has 23 heavy (non-hydrogen) atoms. The van der Waals surface area contributed by atoms with Gasteiger partial charge in [0.15, 0.2) is 0 Å². The molecule has 0 radical (unpaired) electrons. The van der Waals surface area contributed by atoms with Crippen molar-refractivity contribution in [3.8, 4) is 0 Å². The van der Waals surface area contributed by atoms with Crippen molar-refractivity contribution in [2.45, 2.75) is 13.8 Å². The minimum absolute atomic E-state index is 0.0944. The highest BCUT2D eigenvalue weighted by atomic mass is 16.2. The lowest BCUT2D eigenvalue weighted by molar-refractivity contribution is 0.0746. The minimum atomic E-state index is 0.0944. The van der Waals surface area contributed by atoms with Gasteiger partial charge in [-0.05, 0) is 55.3 Å². The number of piperazine rings is 1. The van der Waals surface area contributed by atoms with E-state index in [1.54, 1.807) is 0 Å². The van der Waals surface area contributed by atoms with Crippen LogP contribution in [0.5, 0.6) is 0 Å².